The van der Waals surface area contributed by atoms with Gasteiger partial charge in [0.15, 0.2) is 11.8 Å². The van der Waals surface area contributed by atoms with Crippen LogP contribution < -0.4 is 5.41 Å². The Morgan fingerprint density at radius 1 is 1.59 bits per heavy atom. The lowest BCUT2D eigenvalue weighted by Gasteiger charge is -2.16. The number of nitrogens with two attached hydrogens (primary N) is 1. The minimum absolute atomic E-state index is 0.0368. The zero-order chi connectivity index (χ0) is 13.1. The molecule has 0 amide bonds. The van der Waals surface area contributed by atoms with Crippen molar-refractivity contribution in [2.75, 3.05) is 6.54 Å². The largest absolute Gasteiger partial charge is 0.429 e. The second-order valence-corrected chi connectivity index (χ2v) is 5.56. The van der Waals surface area contributed by atoms with Crippen LogP contribution in [0.25, 0.3) is 10.4 Å². The third-order valence-corrected chi connectivity index (χ3v) is 2.36. The quantitative estimate of drug-likeness (QED) is 0.204. The summed E-state index contributed by atoms with van der Waals surface area (Å²) in [6.45, 7) is -0.0396. The molecule has 1 saturated heterocycles. The van der Waals surface area contributed by atoms with E-state index in [-0.39, 0.29) is 18.7 Å². The monoisotopic (exact) mass is 301 g/mol. The Balaban J connectivity index is 2.54. The lowest BCUT2D eigenvalue weighted by molar-refractivity contribution is -0.143. The Labute approximate surface area is 111 Å². The number of nitrogens with zero attached hydrogens (tertiary/aromatic N) is 3. The lowest BCUT2D eigenvalue weighted by Crippen LogP contribution is -2.44. The molecule has 0 aromatic carbocycles. The Bertz CT molecular complexity index is 377. The molecular weight excluding hydrogens is 294 g/mol. The third kappa shape index (κ3) is 4.22. The summed E-state index contributed by atoms with van der Waals surface area (Å²) in [7, 11) is 0. The van der Waals surface area contributed by atoms with Crippen LogP contribution in [0, 0.1) is 0 Å². The van der Waals surface area contributed by atoms with Crippen LogP contribution in [-0.4, -0.2) is 34.4 Å². The molecule has 1 fully saturated rings. The highest BCUT2D eigenvalue weighted by Gasteiger charge is 2.47. The van der Waals surface area contributed by atoms with E-state index in [9.17, 15) is 4.79 Å². The molecule has 1 aliphatic heterocycles. The number of halogens is 3. The van der Waals surface area contributed by atoms with Crippen molar-refractivity contribution in [3.63, 3.8) is 0 Å². The van der Waals surface area contributed by atoms with Crippen LogP contribution in [0.3, 0.4) is 0 Å². The van der Waals surface area contributed by atoms with E-state index in [1.54, 1.807) is 0 Å². The summed E-state index contributed by atoms with van der Waals surface area (Å²) >= 11 is 16.5. The van der Waals surface area contributed by atoms with Gasteiger partial charge in [0.2, 0.25) is 0 Å². The molecule has 0 aromatic rings. The molecule has 0 bridgehead atoms. The zero-order valence-corrected chi connectivity index (χ0v) is 10.6. The first-order valence-corrected chi connectivity index (χ1v) is 5.51. The number of rotatable bonds is 4. The van der Waals surface area contributed by atoms with Crippen molar-refractivity contribution < 1.29 is 19.7 Å². The summed E-state index contributed by atoms with van der Waals surface area (Å²) in [6, 6.07) is 0. The first-order chi connectivity index (χ1) is 7.84. The SMILES string of the molecule is [N-]=[N+]=NCC(=[NH2+])C[C@@H]1O[C@@H](C(Cl)(Cl)Cl)OC1=O. The molecule has 0 aromatic heterocycles. The molecular formula is C7H8Cl3N4O3+. The summed E-state index contributed by atoms with van der Waals surface area (Å²) in [5.41, 5.74) is 8.36. The maximum Gasteiger partial charge on any atom is 0.338 e. The second-order valence-electron chi connectivity index (χ2n) is 3.19. The van der Waals surface area contributed by atoms with Crippen LogP contribution in [0.1, 0.15) is 6.42 Å². The van der Waals surface area contributed by atoms with Crippen LogP contribution in [0.4, 0.5) is 0 Å². The molecule has 17 heavy (non-hydrogen) atoms. The maximum atomic E-state index is 11.3. The molecule has 94 valence electrons. The number of cyclic esters (lactones) is 1. The predicted octanol–water partition coefficient (Wildman–Crippen LogP) is 0.525. The smallest absolute Gasteiger partial charge is 0.338 e. The average Bonchev–Trinajstić information content (AvgIpc) is 2.57. The maximum absolute atomic E-state index is 11.3. The van der Waals surface area contributed by atoms with Crippen LogP contribution in [-0.2, 0) is 14.3 Å². The molecule has 0 radical (unpaired) electrons. The molecule has 0 unspecified atom stereocenters. The fourth-order valence-corrected chi connectivity index (χ4v) is 1.40. The van der Waals surface area contributed by atoms with Crippen molar-refractivity contribution >= 4 is 46.5 Å². The first-order valence-electron chi connectivity index (χ1n) is 4.38. The molecule has 1 rings (SSSR count). The van der Waals surface area contributed by atoms with Crippen molar-refractivity contribution in [2.24, 2.45) is 5.11 Å². The van der Waals surface area contributed by atoms with E-state index in [2.05, 4.69) is 10.0 Å². The van der Waals surface area contributed by atoms with E-state index in [0.717, 1.165) is 0 Å². The summed E-state index contributed by atoms with van der Waals surface area (Å²) in [5.74, 6) is -0.676. The number of hydrogen-bond acceptors (Lipinski definition) is 4. The average molecular weight is 303 g/mol. The topological polar surface area (TPSA) is 110 Å². The molecule has 0 spiro atoms. The van der Waals surface area contributed by atoms with E-state index >= 15 is 0 Å². The normalized spacial score (nSPS) is 24.1. The minimum Gasteiger partial charge on any atom is -0.429 e. The van der Waals surface area contributed by atoms with E-state index in [4.69, 9.17) is 55.2 Å². The van der Waals surface area contributed by atoms with Crippen LogP contribution >= 0.6 is 34.8 Å². The molecule has 1 heterocycles. The fraction of sp³-hybridized carbons (Fsp3) is 0.714. The number of esters is 1. The van der Waals surface area contributed by atoms with Crippen molar-refractivity contribution in [3.05, 3.63) is 10.4 Å². The number of carbonyl (C=O) groups excluding carboxylic acids is 1. The van der Waals surface area contributed by atoms with Gasteiger partial charge in [-0.3, -0.25) is 5.41 Å². The molecule has 7 nitrogen and oxygen atoms in total. The molecule has 2 atom stereocenters. The van der Waals surface area contributed by atoms with Crippen LogP contribution in [0.2, 0.25) is 0 Å². The first kappa shape index (κ1) is 14.3. The van der Waals surface area contributed by atoms with E-state index in [1.165, 1.54) is 0 Å². The van der Waals surface area contributed by atoms with Gasteiger partial charge >= 0.3 is 5.97 Å². The van der Waals surface area contributed by atoms with Gasteiger partial charge in [0.25, 0.3) is 10.1 Å². The molecule has 0 saturated carbocycles. The van der Waals surface area contributed by atoms with Crippen molar-refractivity contribution in [2.45, 2.75) is 22.6 Å². The summed E-state index contributed by atoms with van der Waals surface area (Å²) in [5, 5.41) is 8.76. The Kier molecular flexibility index (Phi) is 4.85. The fourth-order valence-electron chi connectivity index (χ4n) is 1.11. The number of alkyl halides is 3. The molecule has 0 aliphatic carbocycles. The highest BCUT2D eigenvalue weighted by molar-refractivity contribution is 6.68. The standard InChI is InChI=1S/C7H7Cl3N4O3/c8-7(9,10)6-16-4(5(15)17-6)1-3(11)2-13-14-12/h4,6,11H,1-2H2/p+1/t4-,6+/m0/s1. The number of hydrogen-bond donors (Lipinski definition) is 1. The third-order valence-electron chi connectivity index (χ3n) is 1.83. The van der Waals surface area contributed by atoms with Crippen molar-refractivity contribution in [1.82, 2.24) is 0 Å². The highest BCUT2D eigenvalue weighted by Crippen LogP contribution is 2.37. The van der Waals surface area contributed by atoms with Gasteiger partial charge in [0, 0.05) is 4.91 Å². The Morgan fingerprint density at radius 3 is 2.71 bits per heavy atom. The van der Waals surface area contributed by atoms with Crippen molar-refractivity contribution in [1.29, 1.82) is 0 Å². The van der Waals surface area contributed by atoms with Gasteiger partial charge in [-0.15, -0.1) is 0 Å². The van der Waals surface area contributed by atoms with Gasteiger partial charge < -0.3 is 9.47 Å². The highest BCUT2D eigenvalue weighted by atomic mass is 35.6. The van der Waals surface area contributed by atoms with E-state index in [0.29, 0.717) is 0 Å². The molecule has 1 aliphatic rings. The van der Waals surface area contributed by atoms with Gasteiger partial charge in [0.1, 0.15) is 6.54 Å². The van der Waals surface area contributed by atoms with E-state index in [1.807, 2.05) is 0 Å². The van der Waals surface area contributed by atoms with Gasteiger partial charge in [-0.2, -0.15) is 0 Å². The van der Waals surface area contributed by atoms with Crippen LogP contribution in [0.15, 0.2) is 5.11 Å². The summed E-state index contributed by atoms with van der Waals surface area (Å²) in [4.78, 5) is 13.9. The van der Waals surface area contributed by atoms with Crippen LogP contribution in [0.5, 0.6) is 0 Å². The van der Waals surface area contributed by atoms with E-state index < -0.39 is 22.2 Å². The van der Waals surface area contributed by atoms with Gasteiger partial charge in [-0.25, -0.2) is 4.79 Å². The second kappa shape index (κ2) is 5.75. The van der Waals surface area contributed by atoms with Gasteiger partial charge in [-0.1, -0.05) is 39.9 Å². The number of ether oxygens (including phenoxy) is 2. The molecule has 10 heteroatoms. The lowest BCUT2D eigenvalue weighted by atomic mass is 10.2. The van der Waals surface area contributed by atoms with Gasteiger partial charge in [0.05, 0.1) is 6.42 Å². The summed E-state index contributed by atoms with van der Waals surface area (Å²) < 4.78 is 7.94. The predicted molar refractivity (Wildman–Crippen MR) is 60.6 cm³/mol. The Morgan fingerprint density at radius 2 is 2.24 bits per heavy atom. The minimum atomic E-state index is -1.86. The molecule has 2 N–H and O–H groups in total. The Hall–Kier alpha value is -0.720. The summed E-state index contributed by atoms with van der Waals surface area (Å²) in [6.07, 6.45) is -2.18. The number of azide groups is 1. The zero-order valence-electron chi connectivity index (χ0n) is 8.35. The van der Waals surface area contributed by atoms with Gasteiger partial charge in [-0.05, 0) is 5.53 Å². The van der Waals surface area contributed by atoms with Crippen molar-refractivity contribution in [3.8, 4) is 0 Å². The number of carbonyl (C=O) groups is 1.